The van der Waals surface area contributed by atoms with E-state index in [0.717, 1.165) is 33.8 Å². The molecular weight excluding hydrogens is 282 g/mol. The van der Waals surface area contributed by atoms with Crippen LogP contribution in [-0.4, -0.2) is 14.5 Å². The summed E-state index contributed by atoms with van der Waals surface area (Å²) in [6.07, 6.45) is 5.50. The van der Waals surface area contributed by atoms with Gasteiger partial charge in [-0.3, -0.25) is 4.57 Å². The molecule has 3 heteroatoms. The van der Waals surface area contributed by atoms with Crippen LogP contribution in [0.3, 0.4) is 0 Å². The molecule has 2 aromatic heterocycles. The minimum Gasteiger partial charge on any atom is -0.276 e. The van der Waals surface area contributed by atoms with Crippen LogP contribution in [0.2, 0.25) is 0 Å². The Balaban J connectivity index is 2.41. The first-order valence-corrected chi connectivity index (χ1v) is 7.52. The summed E-state index contributed by atoms with van der Waals surface area (Å²) < 4.78 is 2.09. The zero-order valence-electron chi connectivity index (χ0n) is 13.5. The van der Waals surface area contributed by atoms with Gasteiger partial charge in [-0.15, -0.1) is 0 Å². The van der Waals surface area contributed by atoms with Crippen molar-refractivity contribution in [3.05, 3.63) is 84.9 Å². The molecule has 0 radical (unpaired) electrons. The standard InChI is InChI=1S/C20H19N3/c1-5-9-16(14(2)3)19-22-17-11-8-13-21-20(17)23(19)18-12-7-6-10-15(18)4/h5-13H,1-2H2,3-4H3/b16-9+. The van der Waals surface area contributed by atoms with Crippen LogP contribution in [0, 0.1) is 6.92 Å². The number of benzene rings is 1. The first-order chi connectivity index (χ1) is 11.1. The number of para-hydroxylation sites is 1. The summed E-state index contributed by atoms with van der Waals surface area (Å²) in [5, 5.41) is 0. The van der Waals surface area contributed by atoms with E-state index in [1.807, 2.05) is 37.3 Å². The Hall–Kier alpha value is -2.94. The Kier molecular flexibility index (Phi) is 3.94. The van der Waals surface area contributed by atoms with Gasteiger partial charge in [-0.2, -0.15) is 0 Å². The highest BCUT2D eigenvalue weighted by Gasteiger charge is 2.17. The third-order valence-corrected chi connectivity index (χ3v) is 3.76. The number of hydrogen-bond donors (Lipinski definition) is 0. The van der Waals surface area contributed by atoms with Crippen LogP contribution in [0.4, 0.5) is 0 Å². The first kappa shape index (κ1) is 15.0. The molecule has 0 spiro atoms. The summed E-state index contributed by atoms with van der Waals surface area (Å²) in [5.74, 6) is 0.834. The van der Waals surface area contributed by atoms with E-state index in [9.17, 15) is 0 Å². The first-order valence-electron chi connectivity index (χ1n) is 7.52. The van der Waals surface area contributed by atoms with Crippen LogP contribution in [0.25, 0.3) is 22.4 Å². The van der Waals surface area contributed by atoms with Crippen molar-refractivity contribution in [2.24, 2.45) is 0 Å². The highest BCUT2D eigenvalue weighted by molar-refractivity contribution is 5.84. The second kappa shape index (κ2) is 6.05. The summed E-state index contributed by atoms with van der Waals surface area (Å²) in [5.41, 5.74) is 5.84. The van der Waals surface area contributed by atoms with Crippen LogP contribution >= 0.6 is 0 Å². The molecule has 0 aliphatic heterocycles. The monoisotopic (exact) mass is 301 g/mol. The van der Waals surface area contributed by atoms with E-state index in [4.69, 9.17) is 4.98 Å². The highest BCUT2D eigenvalue weighted by Crippen LogP contribution is 2.29. The number of nitrogens with zero attached hydrogens (tertiary/aromatic N) is 3. The lowest BCUT2D eigenvalue weighted by Crippen LogP contribution is -2.04. The number of rotatable bonds is 4. The van der Waals surface area contributed by atoms with E-state index < -0.39 is 0 Å². The lowest BCUT2D eigenvalue weighted by Gasteiger charge is -2.13. The molecule has 3 aromatic rings. The quantitative estimate of drug-likeness (QED) is 0.643. The van der Waals surface area contributed by atoms with E-state index >= 15 is 0 Å². The van der Waals surface area contributed by atoms with E-state index in [0.29, 0.717) is 0 Å². The van der Waals surface area contributed by atoms with E-state index in [-0.39, 0.29) is 0 Å². The number of aromatic nitrogens is 3. The summed E-state index contributed by atoms with van der Waals surface area (Å²) in [4.78, 5) is 9.33. The molecule has 0 aliphatic rings. The number of imidazole rings is 1. The third kappa shape index (κ3) is 2.61. The van der Waals surface area contributed by atoms with Gasteiger partial charge in [-0.25, -0.2) is 9.97 Å². The summed E-state index contributed by atoms with van der Waals surface area (Å²) in [7, 11) is 0. The molecule has 0 bridgehead atoms. The maximum atomic E-state index is 4.79. The minimum atomic E-state index is 0.834. The predicted molar refractivity (Wildman–Crippen MR) is 96.6 cm³/mol. The maximum Gasteiger partial charge on any atom is 0.164 e. The molecule has 114 valence electrons. The summed E-state index contributed by atoms with van der Waals surface area (Å²) in [6, 6.07) is 12.1. The summed E-state index contributed by atoms with van der Waals surface area (Å²) in [6.45, 7) is 12.0. The molecule has 0 atom stereocenters. The SMILES string of the molecule is C=C/C=C(\C(=C)C)c1nc2cccnc2n1-c1ccccc1C. The van der Waals surface area contributed by atoms with Crippen LogP contribution < -0.4 is 0 Å². The Labute approximate surface area is 136 Å². The molecular formula is C20H19N3. The average molecular weight is 301 g/mol. The van der Waals surface area contributed by atoms with Gasteiger partial charge in [-0.05, 0) is 43.2 Å². The van der Waals surface area contributed by atoms with Crippen molar-refractivity contribution in [3.63, 3.8) is 0 Å². The highest BCUT2D eigenvalue weighted by atomic mass is 15.1. The normalized spacial score (nSPS) is 11.7. The molecule has 0 aliphatic carbocycles. The lowest BCUT2D eigenvalue weighted by molar-refractivity contribution is 1.02. The Morgan fingerprint density at radius 1 is 1.17 bits per heavy atom. The topological polar surface area (TPSA) is 30.7 Å². The van der Waals surface area contributed by atoms with Gasteiger partial charge in [0.1, 0.15) is 11.3 Å². The van der Waals surface area contributed by atoms with Crippen molar-refractivity contribution < 1.29 is 0 Å². The molecule has 0 saturated heterocycles. The van der Waals surface area contributed by atoms with Crippen LogP contribution in [0.15, 0.2) is 73.5 Å². The molecule has 3 nitrogen and oxygen atoms in total. The van der Waals surface area contributed by atoms with Crippen molar-refractivity contribution in [1.82, 2.24) is 14.5 Å². The largest absolute Gasteiger partial charge is 0.276 e. The molecule has 1 aromatic carbocycles. The van der Waals surface area contributed by atoms with E-state index in [1.54, 1.807) is 12.3 Å². The Morgan fingerprint density at radius 3 is 2.65 bits per heavy atom. The minimum absolute atomic E-state index is 0.834. The fraction of sp³-hybridized carbons (Fsp3) is 0.100. The average Bonchev–Trinajstić information content (AvgIpc) is 2.91. The molecule has 0 fully saturated rings. The van der Waals surface area contributed by atoms with Gasteiger partial charge in [0, 0.05) is 11.8 Å². The van der Waals surface area contributed by atoms with Crippen molar-refractivity contribution in [1.29, 1.82) is 0 Å². The number of fused-ring (bicyclic) bond motifs is 1. The lowest BCUT2D eigenvalue weighted by atomic mass is 10.1. The smallest absolute Gasteiger partial charge is 0.164 e. The van der Waals surface area contributed by atoms with Crippen LogP contribution in [-0.2, 0) is 0 Å². The molecule has 23 heavy (non-hydrogen) atoms. The van der Waals surface area contributed by atoms with Crippen molar-refractivity contribution in [3.8, 4) is 5.69 Å². The van der Waals surface area contributed by atoms with Gasteiger partial charge in [-0.1, -0.05) is 43.5 Å². The second-order valence-corrected chi connectivity index (χ2v) is 5.50. The Bertz CT molecular complexity index is 929. The molecule has 3 rings (SSSR count). The molecule has 2 heterocycles. The number of pyridine rings is 1. The van der Waals surface area contributed by atoms with Gasteiger partial charge in [0.15, 0.2) is 5.65 Å². The molecule has 0 saturated carbocycles. The van der Waals surface area contributed by atoms with E-state index in [1.165, 1.54) is 5.56 Å². The number of allylic oxidation sites excluding steroid dienone is 4. The maximum absolute atomic E-state index is 4.79. The molecule has 0 amide bonds. The number of aryl methyl sites for hydroxylation is 1. The van der Waals surface area contributed by atoms with Gasteiger partial charge >= 0.3 is 0 Å². The molecule has 0 N–H and O–H groups in total. The van der Waals surface area contributed by atoms with Gasteiger partial charge in [0.05, 0.1) is 5.69 Å². The molecule has 0 unspecified atom stereocenters. The van der Waals surface area contributed by atoms with E-state index in [2.05, 4.69) is 41.8 Å². The number of hydrogen-bond acceptors (Lipinski definition) is 2. The van der Waals surface area contributed by atoms with Crippen LogP contribution in [0.5, 0.6) is 0 Å². The van der Waals surface area contributed by atoms with Gasteiger partial charge in [0.2, 0.25) is 0 Å². The van der Waals surface area contributed by atoms with Crippen LogP contribution in [0.1, 0.15) is 18.3 Å². The zero-order chi connectivity index (χ0) is 16.4. The van der Waals surface area contributed by atoms with Gasteiger partial charge in [0.25, 0.3) is 0 Å². The van der Waals surface area contributed by atoms with Gasteiger partial charge < -0.3 is 0 Å². The predicted octanol–water partition coefficient (Wildman–Crippen LogP) is 4.87. The fourth-order valence-corrected chi connectivity index (χ4v) is 2.66. The summed E-state index contributed by atoms with van der Waals surface area (Å²) >= 11 is 0. The Morgan fingerprint density at radius 2 is 1.96 bits per heavy atom. The van der Waals surface area contributed by atoms with Crippen molar-refractivity contribution in [2.45, 2.75) is 13.8 Å². The third-order valence-electron chi connectivity index (χ3n) is 3.76. The second-order valence-electron chi connectivity index (χ2n) is 5.50. The van der Waals surface area contributed by atoms with Crippen molar-refractivity contribution in [2.75, 3.05) is 0 Å². The zero-order valence-corrected chi connectivity index (χ0v) is 13.5. The fourth-order valence-electron chi connectivity index (χ4n) is 2.66. The van der Waals surface area contributed by atoms with Crippen molar-refractivity contribution >= 4 is 16.7 Å².